The highest BCUT2D eigenvalue weighted by Gasteiger charge is 2.23. The van der Waals surface area contributed by atoms with Crippen LogP contribution in [0.15, 0.2) is 18.2 Å². The maximum Gasteiger partial charge on any atom is 0.321 e. The largest absolute Gasteiger partial charge is 0.480 e. The molecule has 15 heavy (non-hydrogen) atoms. The van der Waals surface area contributed by atoms with Gasteiger partial charge in [-0.3, -0.25) is 4.79 Å². The number of benzene rings is 1. The SMILES string of the molecule is CC(c1ccc(F)cc1Cl)C(N)C(=O)O. The van der Waals surface area contributed by atoms with E-state index in [2.05, 4.69) is 0 Å². The van der Waals surface area contributed by atoms with Crippen LogP contribution in [0.4, 0.5) is 4.39 Å². The Kier molecular flexibility index (Phi) is 3.66. The summed E-state index contributed by atoms with van der Waals surface area (Å²) in [4.78, 5) is 10.7. The van der Waals surface area contributed by atoms with Crippen LogP contribution in [-0.4, -0.2) is 17.1 Å². The fourth-order valence-electron chi connectivity index (χ4n) is 1.28. The molecule has 82 valence electrons. The first kappa shape index (κ1) is 11.9. The second kappa shape index (κ2) is 4.59. The lowest BCUT2D eigenvalue weighted by atomic mass is 9.94. The van der Waals surface area contributed by atoms with Crippen LogP contribution in [0.25, 0.3) is 0 Å². The van der Waals surface area contributed by atoms with Gasteiger partial charge in [-0.05, 0) is 17.7 Å². The zero-order valence-electron chi connectivity index (χ0n) is 8.08. The molecule has 1 rings (SSSR count). The Morgan fingerprint density at radius 3 is 2.67 bits per heavy atom. The minimum absolute atomic E-state index is 0.194. The fourth-order valence-corrected chi connectivity index (χ4v) is 1.62. The summed E-state index contributed by atoms with van der Waals surface area (Å²) in [6.45, 7) is 1.64. The Morgan fingerprint density at radius 2 is 2.20 bits per heavy atom. The predicted molar refractivity (Wildman–Crippen MR) is 55.4 cm³/mol. The van der Waals surface area contributed by atoms with E-state index in [9.17, 15) is 9.18 Å². The number of nitrogens with two attached hydrogens (primary N) is 1. The molecule has 0 spiro atoms. The summed E-state index contributed by atoms with van der Waals surface area (Å²) in [5, 5.41) is 8.91. The molecule has 2 unspecified atom stereocenters. The number of aliphatic carboxylic acids is 1. The van der Waals surface area contributed by atoms with E-state index in [-0.39, 0.29) is 5.02 Å². The van der Waals surface area contributed by atoms with Crippen LogP contribution in [0, 0.1) is 5.82 Å². The summed E-state index contributed by atoms with van der Waals surface area (Å²) < 4.78 is 12.7. The summed E-state index contributed by atoms with van der Waals surface area (Å²) in [5.74, 6) is -2.03. The third kappa shape index (κ3) is 2.67. The lowest BCUT2D eigenvalue weighted by molar-refractivity contribution is -0.138. The van der Waals surface area contributed by atoms with E-state index in [1.165, 1.54) is 12.1 Å². The van der Waals surface area contributed by atoms with Crippen LogP contribution in [0.5, 0.6) is 0 Å². The van der Waals surface area contributed by atoms with Crippen molar-refractivity contribution in [3.8, 4) is 0 Å². The zero-order chi connectivity index (χ0) is 11.6. The Labute approximate surface area is 91.7 Å². The van der Waals surface area contributed by atoms with Gasteiger partial charge in [0, 0.05) is 10.9 Å². The maximum absolute atomic E-state index is 12.7. The van der Waals surface area contributed by atoms with E-state index in [0.717, 1.165) is 6.07 Å². The number of carboxylic acids is 1. The van der Waals surface area contributed by atoms with Gasteiger partial charge in [0.1, 0.15) is 11.9 Å². The summed E-state index contributed by atoms with van der Waals surface area (Å²) in [5.41, 5.74) is 5.98. The molecule has 0 radical (unpaired) electrons. The number of carboxylic acid groups (broad SMARTS) is 1. The summed E-state index contributed by atoms with van der Waals surface area (Å²) in [7, 11) is 0. The molecule has 0 bridgehead atoms. The molecular formula is C10H11ClFNO2. The third-order valence-corrected chi connectivity index (χ3v) is 2.60. The Balaban J connectivity index is 3.01. The number of hydrogen-bond donors (Lipinski definition) is 2. The average Bonchev–Trinajstić information content (AvgIpc) is 2.15. The first-order valence-electron chi connectivity index (χ1n) is 4.37. The topological polar surface area (TPSA) is 63.3 Å². The van der Waals surface area contributed by atoms with Gasteiger partial charge in [0.2, 0.25) is 0 Å². The minimum Gasteiger partial charge on any atom is -0.480 e. The Bertz CT molecular complexity index is 384. The minimum atomic E-state index is -1.11. The molecule has 3 N–H and O–H groups in total. The Hall–Kier alpha value is -1.13. The van der Waals surface area contributed by atoms with Crippen LogP contribution < -0.4 is 5.73 Å². The standard InChI is InChI=1S/C10H11ClFNO2/c1-5(9(13)10(14)15)7-3-2-6(12)4-8(7)11/h2-5,9H,13H2,1H3,(H,14,15). The monoisotopic (exact) mass is 231 g/mol. The molecule has 0 aliphatic rings. The summed E-state index contributed by atoms with van der Waals surface area (Å²) in [6.07, 6.45) is 0. The van der Waals surface area contributed by atoms with Crippen molar-refractivity contribution in [2.45, 2.75) is 18.9 Å². The van der Waals surface area contributed by atoms with Crippen LogP contribution in [0.1, 0.15) is 18.4 Å². The second-order valence-electron chi connectivity index (χ2n) is 3.32. The first-order chi connectivity index (χ1) is 6.93. The van der Waals surface area contributed by atoms with Gasteiger partial charge >= 0.3 is 5.97 Å². The molecular weight excluding hydrogens is 221 g/mol. The van der Waals surface area contributed by atoms with Gasteiger partial charge in [-0.15, -0.1) is 0 Å². The Morgan fingerprint density at radius 1 is 1.60 bits per heavy atom. The highest BCUT2D eigenvalue weighted by molar-refractivity contribution is 6.31. The van der Waals surface area contributed by atoms with Crippen molar-refractivity contribution in [3.63, 3.8) is 0 Å². The fraction of sp³-hybridized carbons (Fsp3) is 0.300. The van der Waals surface area contributed by atoms with Crippen molar-refractivity contribution < 1.29 is 14.3 Å². The van der Waals surface area contributed by atoms with Gasteiger partial charge in [-0.2, -0.15) is 0 Å². The molecule has 0 fully saturated rings. The van der Waals surface area contributed by atoms with Crippen LogP contribution in [0.2, 0.25) is 5.02 Å². The zero-order valence-corrected chi connectivity index (χ0v) is 8.83. The highest BCUT2D eigenvalue weighted by Crippen LogP contribution is 2.26. The van der Waals surface area contributed by atoms with Crippen LogP contribution in [-0.2, 0) is 4.79 Å². The third-order valence-electron chi connectivity index (χ3n) is 2.28. The number of rotatable bonds is 3. The molecule has 0 aliphatic heterocycles. The van der Waals surface area contributed by atoms with Crippen molar-refractivity contribution in [1.29, 1.82) is 0 Å². The summed E-state index contributed by atoms with van der Waals surface area (Å²) in [6, 6.07) is 2.77. The molecule has 0 saturated carbocycles. The van der Waals surface area contributed by atoms with Crippen molar-refractivity contribution in [2.75, 3.05) is 0 Å². The highest BCUT2D eigenvalue weighted by atomic mass is 35.5. The number of halogens is 2. The molecule has 0 amide bonds. The van der Waals surface area contributed by atoms with E-state index in [1.807, 2.05) is 0 Å². The second-order valence-corrected chi connectivity index (χ2v) is 3.73. The molecule has 5 heteroatoms. The van der Waals surface area contributed by atoms with Crippen molar-refractivity contribution in [2.24, 2.45) is 5.73 Å². The van der Waals surface area contributed by atoms with Gasteiger partial charge in [0.15, 0.2) is 0 Å². The van der Waals surface area contributed by atoms with Crippen molar-refractivity contribution in [1.82, 2.24) is 0 Å². The van der Waals surface area contributed by atoms with Crippen LogP contribution in [0.3, 0.4) is 0 Å². The summed E-state index contributed by atoms with van der Waals surface area (Å²) >= 11 is 5.78. The molecule has 1 aromatic carbocycles. The van der Waals surface area contributed by atoms with Crippen LogP contribution >= 0.6 is 11.6 Å². The van der Waals surface area contributed by atoms with Gasteiger partial charge in [-0.1, -0.05) is 24.6 Å². The molecule has 0 aromatic heterocycles. The normalized spacial score (nSPS) is 14.7. The molecule has 0 heterocycles. The van der Waals surface area contributed by atoms with Crippen molar-refractivity contribution >= 4 is 17.6 Å². The molecule has 1 aromatic rings. The van der Waals surface area contributed by atoms with E-state index >= 15 is 0 Å². The lowest BCUT2D eigenvalue weighted by Crippen LogP contribution is -2.35. The quantitative estimate of drug-likeness (QED) is 0.836. The van der Waals surface area contributed by atoms with Gasteiger partial charge in [0.25, 0.3) is 0 Å². The smallest absolute Gasteiger partial charge is 0.321 e. The van der Waals surface area contributed by atoms with E-state index in [4.69, 9.17) is 22.4 Å². The number of hydrogen-bond acceptors (Lipinski definition) is 2. The molecule has 3 nitrogen and oxygen atoms in total. The maximum atomic E-state index is 12.7. The van der Waals surface area contributed by atoms with Crippen molar-refractivity contribution in [3.05, 3.63) is 34.6 Å². The first-order valence-corrected chi connectivity index (χ1v) is 4.74. The lowest BCUT2D eigenvalue weighted by Gasteiger charge is -2.17. The van der Waals surface area contributed by atoms with Gasteiger partial charge in [-0.25, -0.2) is 4.39 Å². The average molecular weight is 232 g/mol. The predicted octanol–water partition coefficient (Wildman–Crippen LogP) is 1.99. The molecule has 2 atom stereocenters. The number of carbonyl (C=O) groups is 1. The van der Waals surface area contributed by atoms with E-state index in [0.29, 0.717) is 5.56 Å². The molecule has 0 saturated heterocycles. The van der Waals surface area contributed by atoms with E-state index in [1.54, 1.807) is 6.92 Å². The van der Waals surface area contributed by atoms with Gasteiger partial charge in [0.05, 0.1) is 0 Å². The molecule has 0 aliphatic carbocycles. The van der Waals surface area contributed by atoms with Gasteiger partial charge < -0.3 is 10.8 Å². The van der Waals surface area contributed by atoms with E-state index < -0.39 is 23.7 Å².